The van der Waals surface area contributed by atoms with Crippen LogP contribution in [0.1, 0.15) is 27.2 Å². The summed E-state index contributed by atoms with van der Waals surface area (Å²) in [7, 11) is 0. The Kier molecular flexibility index (Phi) is 9.96. The fraction of sp³-hybridized carbons (Fsp3) is 0.667. The molecule has 8 N–H and O–H groups in total. The van der Waals surface area contributed by atoms with Gasteiger partial charge in [-0.1, -0.05) is 13.8 Å². The van der Waals surface area contributed by atoms with Gasteiger partial charge in [-0.15, -0.1) is 0 Å². The molecule has 0 spiro atoms. The zero-order valence-electron chi connectivity index (χ0n) is 15.3. The molecular formula is C15H26N4O8. The van der Waals surface area contributed by atoms with Crippen LogP contribution in [0.3, 0.4) is 0 Å². The summed E-state index contributed by atoms with van der Waals surface area (Å²) in [6.45, 7) is 3.86. The fourth-order valence-corrected chi connectivity index (χ4v) is 1.82. The Morgan fingerprint density at radius 1 is 0.852 bits per heavy atom. The van der Waals surface area contributed by atoms with Gasteiger partial charge in [0.1, 0.15) is 18.1 Å². The third kappa shape index (κ3) is 8.46. The number of carboxylic acids is 2. The molecule has 3 amide bonds. The lowest BCUT2D eigenvalue weighted by atomic mass is 10.0. The second-order valence-corrected chi connectivity index (χ2v) is 6.24. The van der Waals surface area contributed by atoms with Crippen LogP contribution in [0.25, 0.3) is 0 Å². The van der Waals surface area contributed by atoms with Gasteiger partial charge in [-0.2, -0.15) is 0 Å². The van der Waals surface area contributed by atoms with Crippen LogP contribution >= 0.6 is 0 Å². The van der Waals surface area contributed by atoms with E-state index in [-0.39, 0.29) is 5.92 Å². The molecule has 0 aliphatic heterocycles. The molecule has 154 valence electrons. The Balaban J connectivity index is 4.84. The Hall–Kier alpha value is -2.73. The van der Waals surface area contributed by atoms with E-state index in [0.717, 1.165) is 0 Å². The van der Waals surface area contributed by atoms with Crippen LogP contribution in [0.15, 0.2) is 0 Å². The molecule has 0 heterocycles. The molecule has 12 heteroatoms. The maximum absolute atomic E-state index is 12.1. The number of nitrogens with two attached hydrogens (primary N) is 1. The number of carboxylic acid groups (broad SMARTS) is 2. The predicted octanol–water partition coefficient (Wildman–Crippen LogP) is -3.00. The van der Waals surface area contributed by atoms with E-state index >= 15 is 0 Å². The Morgan fingerprint density at radius 3 is 1.78 bits per heavy atom. The average Bonchev–Trinajstić information content (AvgIpc) is 2.56. The summed E-state index contributed by atoms with van der Waals surface area (Å²) in [5.74, 6) is -5.69. The van der Waals surface area contributed by atoms with Crippen molar-refractivity contribution < 1.29 is 39.3 Å². The highest BCUT2D eigenvalue weighted by Gasteiger charge is 2.29. The van der Waals surface area contributed by atoms with E-state index in [2.05, 4.69) is 10.6 Å². The lowest BCUT2D eigenvalue weighted by Crippen LogP contribution is -2.57. The number of hydrogen-bond donors (Lipinski definition) is 7. The highest BCUT2D eigenvalue weighted by atomic mass is 16.4. The monoisotopic (exact) mass is 390 g/mol. The van der Waals surface area contributed by atoms with Crippen LogP contribution < -0.4 is 21.7 Å². The van der Waals surface area contributed by atoms with Crippen molar-refractivity contribution in [2.45, 2.75) is 51.4 Å². The Morgan fingerprint density at radius 2 is 1.37 bits per heavy atom. The smallest absolute Gasteiger partial charge is 0.326 e. The number of amides is 3. The van der Waals surface area contributed by atoms with Crippen molar-refractivity contribution in [2.24, 2.45) is 11.7 Å². The first-order valence-corrected chi connectivity index (χ1v) is 8.12. The Bertz CT molecular complexity index is 580. The first-order chi connectivity index (χ1) is 12.4. The van der Waals surface area contributed by atoms with Gasteiger partial charge in [0.25, 0.3) is 0 Å². The number of aliphatic hydroxyl groups is 1. The second-order valence-electron chi connectivity index (χ2n) is 6.24. The summed E-state index contributed by atoms with van der Waals surface area (Å²) < 4.78 is 0. The maximum atomic E-state index is 12.1. The van der Waals surface area contributed by atoms with Crippen molar-refractivity contribution in [1.82, 2.24) is 16.0 Å². The highest BCUT2D eigenvalue weighted by molar-refractivity contribution is 5.94. The highest BCUT2D eigenvalue weighted by Crippen LogP contribution is 1.99. The van der Waals surface area contributed by atoms with E-state index in [1.54, 1.807) is 13.8 Å². The lowest BCUT2D eigenvalue weighted by Gasteiger charge is -2.23. The van der Waals surface area contributed by atoms with Gasteiger partial charge in [-0.25, -0.2) is 4.79 Å². The molecule has 0 aromatic heterocycles. The van der Waals surface area contributed by atoms with Gasteiger partial charge in [0.05, 0.1) is 19.1 Å². The van der Waals surface area contributed by atoms with Crippen molar-refractivity contribution in [2.75, 3.05) is 6.61 Å². The van der Waals surface area contributed by atoms with Crippen LogP contribution in [0.2, 0.25) is 0 Å². The summed E-state index contributed by atoms with van der Waals surface area (Å²) in [4.78, 5) is 57.5. The molecule has 0 saturated carbocycles. The molecule has 4 unspecified atom stereocenters. The second kappa shape index (κ2) is 11.1. The minimum atomic E-state index is -1.67. The van der Waals surface area contributed by atoms with Gasteiger partial charge in [0.2, 0.25) is 17.7 Å². The van der Waals surface area contributed by atoms with Crippen LogP contribution in [-0.4, -0.2) is 75.8 Å². The van der Waals surface area contributed by atoms with Gasteiger partial charge in [-0.3, -0.25) is 19.2 Å². The van der Waals surface area contributed by atoms with Gasteiger partial charge in [0.15, 0.2) is 0 Å². The molecule has 0 bridgehead atoms. The number of hydrogen-bond acceptors (Lipinski definition) is 7. The fourth-order valence-electron chi connectivity index (χ4n) is 1.82. The minimum Gasteiger partial charge on any atom is -0.481 e. The molecule has 0 saturated heterocycles. The minimum absolute atomic E-state index is 0.209. The zero-order valence-corrected chi connectivity index (χ0v) is 15.3. The van der Waals surface area contributed by atoms with E-state index in [1.807, 2.05) is 5.32 Å². The van der Waals surface area contributed by atoms with Crippen molar-refractivity contribution >= 4 is 29.7 Å². The summed E-state index contributed by atoms with van der Waals surface area (Å²) in [5.41, 5.74) is 5.64. The summed E-state index contributed by atoms with van der Waals surface area (Å²) in [6, 6.07) is -5.20. The molecule has 4 atom stereocenters. The summed E-state index contributed by atoms with van der Waals surface area (Å²) >= 11 is 0. The van der Waals surface area contributed by atoms with Crippen molar-refractivity contribution in [3.05, 3.63) is 0 Å². The van der Waals surface area contributed by atoms with Crippen LogP contribution in [0, 0.1) is 5.92 Å². The molecule has 0 aliphatic rings. The predicted molar refractivity (Wildman–Crippen MR) is 91.3 cm³/mol. The zero-order chi connectivity index (χ0) is 21.3. The average molecular weight is 390 g/mol. The maximum Gasteiger partial charge on any atom is 0.326 e. The molecule has 0 aromatic carbocycles. The van der Waals surface area contributed by atoms with Crippen LogP contribution in [-0.2, 0) is 24.0 Å². The Labute approximate surface area is 155 Å². The SMILES string of the molecule is CC(NC(=O)C(CO)NC(=O)C(N)C(C)C)C(=O)NC(CC(=O)O)C(=O)O. The van der Waals surface area contributed by atoms with E-state index < -0.39 is 66.9 Å². The largest absolute Gasteiger partial charge is 0.481 e. The standard InChI is InChI=1S/C15H26N4O8/c1-6(2)11(16)14(25)19-9(5-20)13(24)17-7(3)12(23)18-8(15(26)27)4-10(21)22/h6-9,11,20H,4-5,16H2,1-3H3,(H,17,24)(H,18,23)(H,19,25)(H,21,22)(H,26,27). The molecule has 0 aliphatic carbocycles. The number of nitrogens with one attached hydrogen (secondary N) is 3. The number of carbonyl (C=O) groups is 5. The topological polar surface area (TPSA) is 208 Å². The molecular weight excluding hydrogens is 364 g/mol. The molecule has 0 fully saturated rings. The number of rotatable bonds is 11. The van der Waals surface area contributed by atoms with Gasteiger partial charge < -0.3 is 37.0 Å². The molecule has 27 heavy (non-hydrogen) atoms. The van der Waals surface area contributed by atoms with Crippen LogP contribution in [0.4, 0.5) is 0 Å². The molecule has 12 nitrogen and oxygen atoms in total. The molecule has 0 radical (unpaired) electrons. The number of aliphatic carboxylic acids is 2. The van der Waals surface area contributed by atoms with Crippen molar-refractivity contribution in [1.29, 1.82) is 0 Å². The molecule has 0 aromatic rings. The van der Waals surface area contributed by atoms with Gasteiger partial charge in [-0.05, 0) is 12.8 Å². The summed E-state index contributed by atoms with van der Waals surface area (Å²) in [6.07, 6.45) is -0.843. The quantitative estimate of drug-likeness (QED) is 0.191. The third-order valence-corrected chi connectivity index (χ3v) is 3.58. The van der Waals surface area contributed by atoms with Crippen molar-refractivity contribution in [3.8, 4) is 0 Å². The number of carbonyl (C=O) groups excluding carboxylic acids is 3. The van der Waals surface area contributed by atoms with Gasteiger partial charge >= 0.3 is 11.9 Å². The van der Waals surface area contributed by atoms with E-state index in [1.165, 1.54) is 6.92 Å². The van der Waals surface area contributed by atoms with E-state index in [0.29, 0.717) is 0 Å². The van der Waals surface area contributed by atoms with Crippen LogP contribution in [0.5, 0.6) is 0 Å². The van der Waals surface area contributed by atoms with E-state index in [9.17, 15) is 29.1 Å². The first kappa shape index (κ1) is 24.3. The van der Waals surface area contributed by atoms with Gasteiger partial charge in [0, 0.05) is 0 Å². The first-order valence-electron chi connectivity index (χ1n) is 8.12. The lowest BCUT2D eigenvalue weighted by molar-refractivity contribution is -0.147. The van der Waals surface area contributed by atoms with E-state index in [4.69, 9.17) is 15.9 Å². The number of aliphatic hydroxyl groups excluding tert-OH is 1. The normalized spacial score (nSPS) is 15.2. The van der Waals surface area contributed by atoms with Crippen molar-refractivity contribution in [3.63, 3.8) is 0 Å². The molecule has 0 rings (SSSR count). The third-order valence-electron chi connectivity index (χ3n) is 3.58. The summed E-state index contributed by atoms with van der Waals surface area (Å²) in [5, 5.41) is 33.2.